The van der Waals surface area contributed by atoms with E-state index in [4.69, 9.17) is 0 Å². The smallest absolute Gasteiger partial charge is 0.143 e. The lowest BCUT2D eigenvalue weighted by Gasteiger charge is -2.06. The lowest BCUT2D eigenvalue weighted by Crippen LogP contribution is -2.16. The Balaban J connectivity index is 3.83. The molecule has 1 atom stereocenters. The summed E-state index contributed by atoms with van der Waals surface area (Å²) >= 11 is 1.44. The molecule has 0 radical (unpaired) electrons. The first-order chi connectivity index (χ1) is 4.57. The molecule has 58 valence electrons. The standard InChI is InChI=1S/C7H12O2S/c1-5(8)4-7(10-3)6(2)9/h7H,4H2,1-3H3. The van der Waals surface area contributed by atoms with Crippen LogP contribution in [0.25, 0.3) is 0 Å². The summed E-state index contributed by atoms with van der Waals surface area (Å²) < 4.78 is 0. The molecule has 10 heavy (non-hydrogen) atoms. The molecule has 2 nitrogen and oxygen atoms in total. The van der Waals surface area contributed by atoms with Crippen LogP contribution in [0.2, 0.25) is 0 Å². The van der Waals surface area contributed by atoms with Gasteiger partial charge in [0.2, 0.25) is 0 Å². The van der Waals surface area contributed by atoms with Crippen LogP contribution in [0.4, 0.5) is 0 Å². The Hall–Kier alpha value is -0.310. The van der Waals surface area contributed by atoms with E-state index in [0.29, 0.717) is 6.42 Å². The Morgan fingerprint density at radius 1 is 1.40 bits per heavy atom. The van der Waals surface area contributed by atoms with Gasteiger partial charge >= 0.3 is 0 Å². The van der Waals surface area contributed by atoms with Gasteiger partial charge in [-0.15, -0.1) is 0 Å². The summed E-state index contributed by atoms with van der Waals surface area (Å²) in [5.41, 5.74) is 0. The highest BCUT2D eigenvalue weighted by molar-refractivity contribution is 7.99. The predicted octanol–water partition coefficient (Wildman–Crippen LogP) is 1.29. The summed E-state index contributed by atoms with van der Waals surface area (Å²) in [6.07, 6.45) is 2.21. The number of hydrogen-bond acceptors (Lipinski definition) is 3. The maximum Gasteiger partial charge on any atom is 0.143 e. The lowest BCUT2D eigenvalue weighted by molar-refractivity contribution is -0.121. The van der Waals surface area contributed by atoms with Gasteiger partial charge in [0.15, 0.2) is 0 Å². The average Bonchev–Trinajstić information content (AvgIpc) is 1.81. The maximum absolute atomic E-state index is 10.7. The van der Waals surface area contributed by atoms with Crippen molar-refractivity contribution in [3.05, 3.63) is 0 Å². The first-order valence-corrected chi connectivity index (χ1v) is 4.39. The Morgan fingerprint density at radius 2 is 1.90 bits per heavy atom. The zero-order valence-electron chi connectivity index (χ0n) is 6.51. The van der Waals surface area contributed by atoms with Crippen molar-refractivity contribution in [3.8, 4) is 0 Å². The van der Waals surface area contributed by atoms with E-state index >= 15 is 0 Å². The zero-order chi connectivity index (χ0) is 8.15. The van der Waals surface area contributed by atoms with Gasteiger partial charge in [-0.3, -0.25) is 9.59 Å². The number of carbonyl (C=O) groups excluding carboxylic acids is 2. The molecule has 0 rings (SSSR count). The van der Waals surface area contributed by atoms with Gasteiger partial charge in [0.05, 0.1) is 5.25 Å². The van der Waals surface area contributed by atoms with Crippen molar-refractivity contribution in [1.82, 2.24) is 0 Å². The molecule has 0 aliphatic rings. The molecule has 0 amide bonds. The van der Waals surface area contributed by atoms with E-state index < -0.39 is 0 Å². The first kappa shape index (κ1) is 9.69. The van der Waals surface area contributed by atoms with E-state index in [1.54, 1.807) is 0 Å². The van der Waals surface area contributed by atoms with Gasteiger partial charge in [0.1, 0.15) is 11.6 Å². The average molecular weight is 160 g/mol. The monoisotopic (exact) mass is 160 g/mol. The second-order valence-corrected chi connectivity index (χ2v) is 3.28. The number of rotatable bonds is 4. The summed E-state index contributed by atoms with van der Waals surface area (Å²) in [6.45, 7) is 3.02. The molecule has 0 N–H and O–H groups in total. The van der Waals surface area contributed by atoms with Crippen molar-refractivity contribution in [1.29, 1.82) is 0 Å². The minimum absolute atomic E-state index is 0.0783. The molecule has 0 spiro atoms. The van der Waals surface area contributed by atoms with E-state index in [0.717, 1.165) is 0 Å². The van der Waals surface area contributed by atoms with Crippen molar-refractivity contribution < 1.29 is 9.59 Å². The lowest BCUT2D eigenvalue weighted by atomic mass is 10.2. The fourth-order valence-corrected chi connectivity index (χ4v) is 1.39. The highest BCUT2D eigenvalue weighted by Crippen LogP contribution is 2.11. The summed E-state index contributed by atoms with van der Waals surface area (Å²) in [7, 11) is 0. The minimum Gasteiger partial charge on any atom is -0.300 e. The van der Waals surface area contributed by atoms with Crippen LogP contribution in [-0.4, -0.2) is 23.1 Å². The summed E-state index contributed by atoms with van der Waals surface area (Å²) in [6, 6.07) is 0. The number of ketones is 2. The highest BCUT2D eigenvalue weighted by atomic mass is 32.2. The van der Waals surface area contributed by atoms with Gasteiger partial charge in [-0.1, -0.05) is 0 Å². The van der Waals surface area contributed by atoms with Gasteiger partial charge in [0, 0.05) is 6.42 Å². The number of Topliss-reactive ketones (excluding diaryl/α,β-unsaturated/α-hetero) is 2. The predicted molar refractivity (Wildman–Crippen MR) is 43.3 cm³/mol. The number of hydrogen-bond donors (Lipinski definition) is 0. The molecule has 0 aliphatic heterocycles. The van der Waals surface area contributed by atoms with Gasteiger partial charge in [-0.05, 0) is 20.1 Å². The number of thioether (sulfide) groups is 1. The van der Waals surface area contributed by atoms with Crippen LogP contribution >= 0.6 is 11.8 Å². The Kier molecular flexibility index (Phi) is 4.36. The normalized spacial score (nSPS) is 12.7. The van der Waals surface area contributed by atoms with Gasteiger partial charge < -0.3 is 0 Å². The molecule has 0 bridgehead atoms. The third-order valence-electron chi connectivity index (χ3n) is 1.21. The molecular formula is C7H12O2S. The van der Waals surface area contributed by atoms with Gasteiger partial charge in [0.25, 0.3) is 0 Å². The zero-order valence-corrected chi connectivity index (χ0v) is 7.33. The maximum atomic E-state index is 10.7. The topological polar surface area (TPSA) is 34.1 Å². The molecule has 0 fully saturated rings. The molecule has 1 unspecified atom stereocenters. The van der Waals surface area contributed by atoms with E-state index in [9.17, 15) is 9.59 Å². The van der Waals surface area contributed by atoms with Crippen LogP contribution in [-0.2, 0) is 9.59 Å². The van der Waals surface area contributed by atoms with Crippen molar-refractivity contribution in [2.45, 2.75) is 25.5 Å². The summed E-state index contributed by atoms with van der Waals surface area (Å²) in [5.74, 6) is 0.164. The van der Waals surface area contributed by atoms with Crippen LogP contribution in [0.3, 0.4) is 0 Å². The molecule has 0 aromatic heterocycles. The summed E-state index contributed by atoms with van der Waals surface area (Å²) in [4.78, 5) is 21.3. The molecule has 0 aromatic carbocycles. The molecule has 0 aliphatic carbocycles. The van der Waals surface area contributed by atoms with E-state index in [1.807, 2.05) is 6.26 Å². The Bertz CT molecular complexity index is 143. The van der Waals surface area contributed by atoms with Crippen LogP contribution in [0, 0.1) is 0 Å². The Morgan fingerprint density at radius 3 is 2.00 bits per heavy atom. The second-order valence-electron chi connectivity index (χ2n) is 2.24. The van der Waals surface area contributed by atoms with Crippen LogP contribution in [0.15, 0.2) is 0 Å². The SMILES string of the molecule is CSC(CC(C)=O)C(C)=O. The Labute approximate surface area is 65.4 Å². The minimum atomic E-state index is -0.127. The highest BCUT2D eigenvalue weighted by Gasteiger charge is 2.13. The molecule has 0 aromatic rings. The molecule has 3 heteroatoms. The van der Waals surface area contributed by atoms with E-state index in [-0.39, 0.29) is 16.8 Å². The van der Waals surface area contributed by atoms with Crippen molar-refractivity contribution >= 4 is 23.3 Å². The van der Waals surface area contributed by atoms with E-state index in [1.165, 1.54) is 25.6 Å². The second kappa shape index (κ2) is 4.50. The van der Waals surface area contributed by atoms with Crippen molar-refractivity contribution in [2.75, 3.05) is 6.26 Å². The first-order valence-electron chi connectivity index (χ1n) is 3.10. The van der Waals surface area contributed by atoms with Gasteiger partial charge in [-0.2, -0.15) is 11.8 Å². The van der Waals surface area contributed by atoms with Crippen molar-refractivity contribution in [2.24, 2.45) is 0 Å². The van der Waals surface area contributed by atoms with Crippen LogP contribution < -0.4 is 0 Å². The fourth-order valence-electron chi connectivity index (χ4n) is 0.654. The fraction of sp³-hybridized carbons (Fsp3) is 0.714. The molecule has 0 saturated heterocycles. The largest absolute Gasteiger partial charge is 0.300 e. The summed E-state index contributed by atoms with van der Waals surface area (Å²) in [5, 5.41) is -0.127. The number of carbonyl (C=O) groups is 2. The van der Waals surface area contributed by atoms with Crippen LogP contribution in [0.5, 0.6) is 0 Å². The molecule has 0 saturated carbocycles. The van der Waals surface area contributed by atoms with Crippen molar-refractivity contribution in [3.63, 3.8) is 0 Å². The van der Waals surface area contributed by atoms with Crippen LogP contribution in [0.1, 0.15) is 20.3 Å². The molecule has 0 heterocycles. The third kappa shape index (κ3) is 3.67. The van der Waals surface area contributed by atoms with Gasteiger partial charge in [-0.25, -0.2) is 0 Å². The third-order valence-corrected chi connectivity index (χ3v) is 2.28. The van der Waals surface area contributed by atoms with E-state index in [2.05, 4.69) is 0 Å². The quantitative estimate of drug-likeness (QED) is 0.621. The molecular weight excluding hydrogens is 148 g/mol.